The molecule has 96 valence electrons. The molecule has 0 aliphatic rings. The first-order valence-electron chi connectivity index (χ1n) is 6.45. The van der Waals surface area contributed by atoms with Crippen LogP contribution in [0.15, 0.2) is 24.3 Å². The number of aryl methyl sites for hydroxylation is 2. The molecule has 18 heavy (non-hydrogen) atoms. The van der Waals surface area contributed by atoms with Gasteiger partial charge >= 0.3 is 0 Å². The Hall–Kier alpha value is -1.68. The quantitative estimate of drug-likeness (QED) is 0.877. The minimum atomic E-state index is 0.587. The smallest absolute Gasteiger partial charge is 0.158 e. The van der Waals surface area contributed by atoms with E-state index in [0.717, 1.165) is 36.6 Å². The zero-order valence-corrected chi connectivity index (χ0v) is 11.1. The third-order valence-corrected chi connectivity index (χ3v) is 2.83. The van der Waals surface area contributed by atoms with E-state index in [-0.39, 0.29) is 0 Å². The van der Waals surface area contributed by atoms with E-state index < -0.39 is 0 Å². The number of rotatable bonds is 5. The van der Waals surface area contributed by atoms with Gasteiger partial charge < -0.3 is 5.73 Å². The van der Waals surface area contributed by atoms with E-state index in [1.807, 2.05) is 4.68 Å². The Labute approximate surface area is 108 Å². The molecule has 4 nitrogen and oxygen atoms in total. The molecule has 0 saturated heterocycles. The van der Waals surface area contributed by atoms with Crippen molar-refractivity contribution in [3.63, 3.8) is 0 Å². The second kappa shape index (κ2) is 5.78. The Morgan fingerprint density at radius 2 is 1.94 bits per heavy atom. The molecular weight excluding hydrogens is 224 g/mol. The summed E-state index contributed by atoms with van der Waals surface area (Å²) in [6.07, 6.45) is 1.78. The first-order chi connectivity index (χ1) is 8.74. The maximum atomic E-state index is 5.56. The van der Waals surface area contributed by atoms with Crippen LogP contribution in [0, 0.1) is 6.92 Å². The number of hydrogen-bond acceptors (Lipinski definition) is 3. The predicted octanol–water partition coefficient (Wildman–Crippen LogP) is 2.16. The molecule has 1 aromatic heterocycles. The number of aromatic nitrogens is 3. The van der Waals surface area contributed by atoms with Crippen molar-refractivity contribution >= 4 is 0 Å². The standard InChI is InChI=1S/C14H20N4/c1-3-10-18-14(16-13(17-18)8-9-15)12-6-4-11(2)5-7-12/h4-7H,3,8-10,15H2,1-2H3. The first-order valence-corrected chi connectivity index (χ1v) is 6.45. The van der Waals surface area contributed by atoms with Gasteiger partial charge in [-0.15, -0.1) is 0 Å². The van der Waals surface area contributed by atoms with E-state index >= 15 is 0 Å². The lowest BCUT2D eigenvalue weighted by Crippen LogP contribution is -2.05. The predicted molar refractivity (Wildman–Crippen MR) is 73.2 cm³/mol. The summed E-state index contributed by atoms with van der Waals surface area (Å²) in [5.41, 5.74) is 7.93. The normalized spacial score (nSPS) is 10.8. The highest BCUT2D eigenvalue weighted by Crippen LogP contribution is 2.18. The van der Waals surface area contributed by atoms with Gasteiger partial charge in [0.25, 0.3) is 0 Å². The molecule has 2 aromatic rings. The van der Waals surface area contributed by atoms with Crippen molar-refractivity contribution in [3.05, 3.63) is 35.7 Å². The Morgan fingerprint density at radius 1 is 1.22 bits per heavy atom. The summed E-state index contributed by atoms with van der Waals surface area (Å²) in [6, 6.07) is 8.39. The van der Waals surface area contributed by atoms with Crippen molar-refractivity contribution in [2.45, 2.75) is 33.2 Å². The molecule has 0 aliphatic heterocycles. The number of nitrogens with two attached hydrogens (primary N) is 1. The number of nitrogens with zero attached hydrogens (tertiary/aromatic N) is 3. The SMILES string of the molecule is CCCn1nc(CCN)nc1-c1ccc(C)cc1. The van der Waals surface area contributed by atoms with E-state index in [2.05, 4.69) is 48.2 Å². The van der Waals surface area contributed by atoms with Crippen LogP contribution in [0.3, 0.4) is 0 Å². The molecule has 2 N–H and O–H groups in total. The van der Waals surface area contributed by atoms with Crippen LogP contribution in [0.25, 0.3) is 11.4 Å². The summed E-state index contributed by atoms with van der Waals surface area (Å²) in [5, 5.41) is 4.51. The molecular formula is C14H20N4. The average Bonchev–Trinajstić information content (AvgIpc) is 2.74. The van der Waals surface area contributed by atoms with Crippen LogP contribution in [0.1, 0.15) is 24.7 Å². The first kappa shape index (κ1) is 12.8. The van der Waals surface area contributed by atoms with Gasteiger partial charge in [0.05, 0.1) is 0 Å². The van der Waals surface area contributed by atoms with Crippen LogP contribution in [-0.4, -0.2) is 21.3 Å². The zero-order chi connectivity index (χ0) is 13.0. The van der Waals surface area contributed by atoms with Crippen LogP contribution in [0.4, 0.5) is 0 Å². The maximum Gasteiger partial charge on any atom is 0.158 e. The summed E-state index contributed by atoms with van der Waals surface area (Å²) in [4.78, 5) is 4.59. The van der Waals surface area contributed by atoms with Gasteiger partial charge in [-0.2, -0.15) is 5.10 Å². The molecule has 0 unspecified atom stereocenters. The van der Waals surface area contributed by atoms with E-state index in [1.54, 1.807) is 0 Å². The van der Waals surface area contributed by atoms with E-state index in [9.17, 15) is 0 Å². The second-order valence-corrected chi connectivity index (χ2v) is 4.48. The van der Waals surface area contributed by atoms with Gasteiger partial charge in [0, 0.05) is 18.5 Å². The van der Waals surface area contributed by atoms with E-state index in [0.29, 0.717) is 6.54 Å². The van der Waals surface area contributed by atoms with Gasteiger partial charge in [0.1, 0.15) is 0 Å². The highest BCUT2D eigenvalue weighted by Gasteiger charge is 2.10. The van der Waals surface area contributed by atoms with Gasteiger partial charge in [-0.3, -0.25) is 0 Å². The van der Waals surface area contributed by atoms with Crippen LogP contribution in [0.2, 0.25) is 0 Å². The summed E-state index contributed by atoms with van der Waals surface area (Å²) >= 11 is 0. The van der Waals surface area contributed by atoms with Crippen LogP contribution < -0.4 is 5.73 Å². The zero-order valence-electron chi connectivity index (χ0n) is 11.1. The third-order valence-electron chi connectivity index (χ3n) is 2.83. The fourth-order valence-corrected chi connectivity index (χ4v) is 1.91. The minimum Gasteiger partial charge on any atom is -0.330 e. The van der Waals surface area contributed by atoms with Crippen molar-refractivity contribution < 1.29 is 0 Å². The largest absolute Gasteiger partial charge is 0.330 e. The van der Waals surface area contributed by atoms with Gasteiger partial charge in [0.2, 0.25) is 0 Å². The lowest BCUT2D eigenvalue weighted by Gasteiger charge is -2.04. The maximum absolute atomic E-state index is 5.56. The molecule has 0 atom stereocenters. The Morgan fingerprint density at radius 3 is 2.56 bits per heavy atom. The van der Waals surface area contributed by atoms with Crippen LogP contribution in [-0.2, 0) is 13.0 Å². The summed E-state index contributed by atoms with van der Waals surface area (Å²) in [7, 11) is 0. The molecule has 0 bridgehead atoms. The molecule has 4 heteroatoms. The monoisotopic (exact) mass is 244 g/mol. The fourth-order valence-electron chi connectivity index (χ4n) is 1.91. The highest BCUT2D eigenvalue weighted by atomic mass is 15.3. The molecule has 1 aromatic carbocycles. The van der Waals surface area contributed by atoms with Gasteiger partial charge in [-0.05, 0) is 19.9 Å². The van der Waals surface area contributed by atoms with Crippen molar-refractivity contribution in [1.29, 1.82) is 0 Å². The van der Waals surface area contributed by atoms with Crippen molar-refractivity contribution in [2.24, 2.45) is 5.73 Å². The van der Waals surface area contributed by atoms with Crippen molar-refractivity contribution in [3.8, 4) is 11.4 Å². The minimum absolute atomic E-state index is 0.587. The topological polar surface area (TPSA) is 56.7 Å². The van der Waals surface area contributed by atoms with Gasteiger partial charge in [0.15, 0.2) is 11.6 Å². The lowest BCUT2D eigenvalue weighted by atomic mass is 10.1. The Balaban J connectivity index is 2.37. The van der Waals surface area contributed by atoms with Crippen molar-refractivity contribution in [1.82, 2.24) is 14.8 Å². The second-order valence-electron chi connectivity index (χ2n) is 4.48. The average molecular weight is 244 g/mol. The molecule has 0 fully saturated rings. The van der Waals surface area contributed by atoms with Gasteiger partial charge in [-0.25, -0.2) is 9.67 Å². The van der Waals surface area contributed by atoms with Crippen LogP contribution in [0.5, 0.6) is 0 Å². The molecule has 1 heterocycles. The summed E-state index contributed by atoms with van der Waals surface area (Å²) in [5.74, 6) is 1.78. The fraction of sp³-hybridized carbons (Fsp3) is 0.429. The summed E-state index contributed by atoms with van der Waals surface area (Å²) in [6.45, 7) is 5.70. The molecule has 0 aliphatic carbocycles. The lowest BCUT2D eigenvalue weighted by molar-refractivity contribution is 0.599. The highest BCUT2D eigenvalue weighted by molar-refractivity contribution is 5.55. The van der Waals surface area contributed by atoms with E-state index in [1.165, 1.54) is 5.56 Å². The van der Waals surface area contributed by atoms with Crippen molar-refractivity contribution in [2.75, 3.05) is 6.54 Å². The Bertz CT molecular complexity index is 499. The molecule has 0 radical (unpaired) electrons. The van der Waals surface area contributed by atoms with Crippen LogP contribution >= 0.6 is 0 Å². The summed E-state index contributed by atoms with van der Waals surface area (Å²) < 4.78 is 1.98. The number of hydrogen-bond donors (Lipinski definition) is 1. The number of benzene rings is 1. The van der Waals surface area contributed by atoms with Gasteiger partial charge in [-0.1, -0.05) is 36.8 Å². The molecule has 0 amide bonds. The third kappa shape index (κ3) is 2.76. The molecule has 0 saturated carbocycles. The Kier molecular flexibility index (Phi) is 4.10. The van der Waals surface area contributed by atoms with E-state index in [4.69, 9.17) is 5.73 Å². The molecule has 0 spiro atoms. The molecule has 2 rings (SSSR count).